The minimum atomic E-state index is -1.08. The lowest BCUT2D eigenvalue weighted by Gasteiger charge is -2.13. The van der Waals surface area contributed by atoms with E-state index in [-0.39, 0.29) is 18.1 Å². The molecule has 0 saturated heterocycles. The van der Waals surface area contributed by atoms with Crippen LogP contribution in [0.3, 0.4) is 0 Å². The molecular weight excluding hydrogens is 488 g/mol. The van der Waals surface area contributed by atoms with E-state index < -0.39 is 5.97 Å². The highest BCUT2D eigenvalue weighted by Gasteiger charge is 2.32. The first kappa shape index (κ1) is 24.0. The normalized spacial score (nSPS) is 14.1. The summed E-state index contributed by atoms with van der Waals surface area (Å²) >= 11 is 6.28. The first-order chi connectivity index (χ1) is 18.0. The molecule has 1 aliphatic heterocycles. The molecule has 0 aliphatic carbocycles. The Kier molecular flexibility index (Phi) is 6.83. The molecule has 4 aromatic carbocycles. The lowest BCUT2D eigenvalue weighted by Crippen LogP contribution is -2.21. The maximum atomic E-state index is 13.6. The van der Waals surface area contributed by atoms with Crippen LogP contribution in [-0.2, 0) is 11.4 Å². The van der Waals surface area contributed by atoms with E-state index in [1.165, 1.54) is 17.1 Å². The number of para-hydroxylation sites is 1. The van der Waals surface area contributed by atoms with Crippen molar-refractivity contribution < 1.29 is 19.4 Å². The number of anilines is 1. The zero-order chi connectivity index (χ0) is 25.8. The Balaban J connectivity index is 1.54. The molecular formula is C30H21ClN2O4. The number of ether oxygens (including phenoxy) is 1. The number of hydrogen-bond acceptors (Lipinski definition) is 4. The van der Waals surface area contributed by atoms with Crippen molar-refractivity contribution in [2.75, 3.05) is 5.01 Å². The molecule has 0 saturated carbocycles. The molecule has 5 rings (SSSR count). The zero-order valence-electron chi connectivity index (χ0n) is 19.5. The van der Waals surface area contributed by atoms with Crippen LogP contribution in [0.4, 0.5) is 5.69 Å². The molecule has 0 aromatic heterocycles. The average molecular weight is 509 g/mol. The summed E-state index contributed by atoms with van der Waals surface area (Å²) in [6, 6.07) is 30.4. The van der Waals surface area contributed by atoms with Crippen LogP contribution in [0.1, 0.15) is 27.0 Å². The third-order valence-corrected chi connectivity index (χ3v) is 6.19. The van der Waals surface area contributed by atoms with Gasteiger partial charge in [0.1, 0.15) is 18.1 Å². The Labute approximate surface area is 218 Å². The van der Waals surface area contributed by atoms with Crippen molar-refractivity contribution in [2.24, 2.45) is 5.10 Å². The van der Waals surface area contributed by atoms with Crippen molar-refractivity contribution in [3.63, 3.8) is 0 Å². The number of carboxylic acid groups (broad SMARTS) is 1. The van der Waals surface area contributed by atoms with Crippen molar-refractivity contribution in [3.8, 4) is 5.75 Å². The maximum absolute atomic E-state index is 13.6. The van der Waals surface area contributed by atoms with Crippen LogP contribution in [-0.4, -0.2) is 22.7 Å². The summed E-state index contributed by atoms with van der Waals surface area (Å²) in [6.45, 7) is 0.265. The summed E-state index contributed by atoms with van der Waals surface area (Å²) in [4.78, 5) is 25.1. The molecule has 1 heterocycles. The molecule has 1 aliphatic rings. The molecule has 6 nitrogen and oxygen atoms in total. The van der Waals surface area contributed by atoms with E-state index in [1.807, 2.05) is 78.9 Å². The highest BCUT2D eigenvalue weighted by atomic mass is 35.5. The first-order valence-electron chi connectivity index (χ1n) is 11.5. The van der Waals surface area contributed by atoms with E-state index in [0.717, 1.165) is 11.1 Å². The van der Waals surface area contributed by atoms with Gasteiger partial charge in [0.15, 0.2) is 0 Å². The molecule has 1 N–H and O–H groups in total. The monoisotopic (exact) mass is 508 g/mol. The van der Waals surface area contributed by atoms with Crippen molar-refractivity contribution >= 4 is 41.0 Å². The van der Waals surface area contributed by atoms with Crippen LogP contribution in [0.2, 0.25) is 5.02 Å². The predicted molar refractivity (Wildman–Crippen MR) is 144 cm³/mol. The zero-order valence-corrected chi connectivity index (χ0v) is 20.3. The van der Waals surface area contributed by atoms with Crippen molar-refractivity contribution in [1.29, 1.82) is 0 Å². The van der Waals surface area contributed by atoms with E-state index >= 15 is 0 Å². The summed E-state index contributed by atoms with van der Waals surface area (Å²) < 4.78 is 6.09. The predicted octanol–water partition coefficient (Wildman–Crippen LogP) is 6.45. The molecule has 0 fully saturated rings. The van der Waals surface area contributed by atoms with Crippen molar-refractivity contribution in [2.45, 2.75) is 6.61 Å². The molecule has 0 atom stereocenters. The number of carbonyl (C=O) groups excluding carboxylic acids is 1. The van der Waals surface area contributed by atoms with Crippen LogP contribution in [0.5, 0.6) is 5.75 Å². The second-order valence-corrected chi connectivity index (χ2v) is 8.67. The van der Waals surface area contributed by atoms with E-state index in [1.54, 1.807) is 18.2 Å². The van der Waals surface area contributed by atoms with Gasteiger partial charge in [-0.25, -0.2) is 4.79 Å². The topological polar surface area (TPSA) is 79.2 Å². The minimum absolute atomic E-state index is 0.0671. The van der Waals surface area contributed by atoms with Gasteiger partial charge in [0, 0.05) is 21.7 Å². The number of carboxylic acids is 1. The van der Waals surface area contributed by atoms with Gasteiger partial charge >= 0.3 is 5.97 Å². The standard InChI is InChI=1S/C30H21ClN2O4/c31-26-15-6-4-12-23(26)19-37-27-16-7-5-11-21(27)18-25-28(20-9-2-1-3-10-20)32-33(29(25)34)24-14-8-13-22(17-24)30(35)36/h1-18H,19H2,(H,35,36). The molecule has 0 spiro atoms. The summed E-state index contributed by atoms with van der Waals surface area (Å²) in [6.07, 6.45) is 1.75. The van der Waals surface area contributed by atoms with Gasteiger partial charge in [-0.15, -0.1) is 0 Å². The molecule has 0 bridgehead atoms. The van der Waals surface area contributed by atoms with Gasteiger partial charge < -0.3 is 9.84 Å². The fraction of sp³-hybridized carbons (Fsp3) is 0.0333. The number of benzene rings is 4. The SMILES string of the molecule is O=C(O)c1cccc(N2N=C(c3ccccc3)C(=Cc3ccccc3OCc3ccccc3Cl)C2=O)c1. The van der Waals surface area contributed by atoms with E-state index in [0.29, 0.717) is 33.3 Å². The Morgan fingerprint density at radius 2 is 1.65 bits per heavy atom. The largest absolute Gasteiger partial charge is 0.488 e. The minimum Gasteiger partial charge on any atom is -0.488 e. The Bertz CT molecular complexity index is 1550. The number of amides is 1. The number of nitrogens with zero attached hydrogens (tertiary/aromatic N) is 2. The summed E-state index contributed by atoms with van der Waals surface area (Å²) in [5, 5.41) is 15.8. The lowest BCUT2D eigenvalue weighted by molar-refractivity contribution is -0.114. The van der Waals surface area contributed by atoms with E-state index in [2.05, 4.69) is 5.10 Å². The fourth-order valence-electron chi connectivity index (χ4n) is 3.96. The van der Waals surface area contributed by atoms with Gasteiger partial charge in [-0.3, -0.25) is 4.79 Å². The fourth-order valence-corrected chi connectivity index (χ4v) is 4.15. The second kappa shape index (κ2) is 10.5. The number of rotatable bonds is 7. The number of hydrazone groups is 1. The Morgan fingerprint density at radius 3 is 2.43 bits per heavy atom. The van der Waals surface area contributed by atoms with Crippen LogP contribution in [0, 0.1) is 0 Å². The smallest absolute Gasteiger partial charge is 0.335 e. The van der Waals surface area contributed by atoms with Gasteiger partial charge in [0.25, 0.3) is 5.91 Å². The van der Waals surface area contributed by atoms with Gasteiger partial charge in [0.05, 0.1) is 16.8 Å². The summed E-state index contributed by atoms with van der Waals surface area (Å²) in [7, 11) is 0. The lowest BCUT2D eigenvalue weighted by atomic mass is 10.00. The third kappa shape index (κ3) is 5.15. The van der Waals surface area contributed by atoms with Gasteiger partial charge in [-0.1, -0.05) is 84.4 Å². The van der Waals surface area contributed by atoms with Gasteiger partial charge in [0.2, 0.25) is 0 Å². The molecule has 4 aromatic rings. The van der Waals surface area contributed by atoms with Crippen LogP contribution < -0.4 is 9.75 Å². The number of aromatic carboxylic acids is 1. The van der Waals surface area contributed by atoms with Crippen molar-refractivity contribution in [3.05, 3.63) is 136 Å². The number of hydrogen-bond donors (Lipinski definition) is 1. The molecule has 7 heteroatoms. The first-order valence-corrected chi connectivity index (χ1v) is 11.9. The number of carbonyl (C=O) groups is 2. The molecule has 0 unspecified atom stereocenters. The Morgan fingerprint density at radius 1 is 0.919 bits per heavy atom. The van der Waals surface area contributed by atoms with Crippen molar-refractivity contribution in [1.82, 2.24) is 0 Å². The van der Waals surface area contributed by atoms with Crippen LogP contribution in [0.15, 0.2) is 114 Å². The molecule has 37 heavy (non-hydrogen) atoms. The second-order valence-electron chi connectivity index (χ2n) is 8.26. The molecule has 182 valence electrons. The summed E-state index contributed by atoms with van der Waals surface area (Å²) in [5.41, 5.74) is 3.58. The van der Waals surface area contributed by atoms with Gasteiger partial charge in [-0.2, -0.15) is 10.1 Å². The van der Waals surface area contributed by atoms with Gasteiger partial charge in [-0.05, 0) is 36.4 Å². The van der Waals surface area contributed by atoms with Crippen LogP contribution in [0.25, 0.3) is 6.08 Å². The molecule has 1 amide bonds. The molecule has 0 radical (unpaired) electrons. The highest BCUT2D eigenvalue weighted by Crippen LogP contribution is 2.31. The third-order valence-electron chi connectivity index (χ3n) is 5.82. The van der Waals surface area contributed by atoms with E-state index in [9.17, 15) is 14.7 Å². The quantitative estimate of drug-likeness (QED) is 0.291. The van der Waals surface area contributed by atoms with Crippen LogP contribution >= 0.6 is 11.6 Å². The maximum Gasteiger partial charge on any atom is 0.335 e. The Hall–Kier alpha value is -4.68. The average Bonchev–Trinajstić information content (AvgIpc) is 3.25. The number of halogens is 1. The summed E-state index contributed by atoms with van der Waals surface area (Å²) in [5.74, 6) is -0.870. The van der Waals surface area contributed by atoms with E-state index in [4.69, 9.17) is 16.3 Å². The highest BCUT2D eigenvalue weighted by molar-refractivity contribution is 6.37.